The van der Waals surface area contributed by atoms with Crippen LogP contribution in [-0.2, 0) is 4.79 Å². The van der Waals surface area contributed by atoms with Crippen LogP contribution in [0.3, 0.4) is 0 Å². The van der Waals surface area contributed by atoms with Gasteiger partial charge in [0.05, 0.1) is 0 Å². The molecule has 0 unspecified atom stereocenters. The van der Waals surface area contributed by atoms with Gasteiger partial charge in [-0.25, -0.2) is 4.79 Å². The van der Waals surface area contributed by atoms with Gasteiger partial charge >= 0.3 is 0 Å². The number of benzene rings is 1. The van der Waals surface area contributed by atoms with Crippen LogP contribution in [0.1, 0.15) is 17.3 Å². The highest BCUT2D eigenvalue weighted by molar-refractivity contribution is 9.10. The van der Waals surface area contributed by atoms with Crippen molar-refractivity contribution in [3.8, 4) is 0 Å². The van der Waals surface area contributed by atoms with E-state index in [1.807, 2.05) is 0 Å². The van der Waals surface area contributed by atoms with Gasteiger partial charge < -0.3 is 0 Å². The summed E-state index contributed by atoms with van der Waals surface area (Å²) in [5, 5.41) is 0. The summed E-state index contributed by atoms with van der Waals surface area (Å²) in [5.41, 5.74) is 0.753. The highest BCUT2D eigenvalue weighted by Crippen LogP contribution is 2.29. The Morgan fingerprint density at radius 3 is 2.77 bits per heavy atom. The Hall–Kier alpha value is -1.25. The lowest BCUT2D eigenvalue weighted by molar-refractivity contribution is 0.101. The minimum Gasteiger partial charge on any atom is -0.294 e. The number of nitrogens with zero attached hydrogens (tertiary/aromatic N) is 1. The second kappa shape index (κ2) is 4.12. The minimum atomic E-state index is -0.129. The zero-order valence-corrected chi connectivity index (χ0v) is 8.46. The Bertz CT molecular complexity index is 395. The van der Waals surface area contributed by atoms with Gasteiger partial charge in [0.2, 0.25) is 6.08 Å². The third-order valence-corrected chi connectivity index (χ3v) is 2.16. The van der Waals surface area contributed by atoms with Gasteiger partial charge in [-0.1, -0.05) is 6.07 Å². The largest absolute Gasteiger partial charge is 0.294 e. The first kappa shape index (κ1) is 9.84. The normalized spacial score (nSPS) is 9.08. The van der Waals surface area contributed by atoms with Crippen molar-refractivity contribution >= 4 is 33.5 Å². The molecule has 0 amide bonds. The molecule has 0 saturated heterocycles. The van der Waals surface area contributed by atoms with Crippen molar-refractivity contribution in [2.24, 2.45) is 4.99 Å². The minimum absolute atomic E-state index is 0.129. The lowest BCUT2D eigenvalue weighted by Crippen LogP contribution is -1.92. The van der Waals surface area contributed by atoms with Crippen LogP contribution in [0.2, 0.25) is 0 Å². The maximum Gasteiger partial charge on any atom is 0.240 e. The summed E-state index contributed by atoms with van der Waals surface area (Å²) in [6.07, 6.45) is 1.41. The summed E-state index contributed by atoms with van der Waals surface area (Å²) in [4.78, 5) is 24.6. The molecule has 0 aromatic heterocycles. The summed E-state index contributed by atoms with van der Waals surface area (Å²) >= 11 is 3.19. The van der Waals surface area contributed by atoms with Crippen LogP contribution in [0.15, 0.2) is 27.7 Å². The van der Waals surface area contributed by atoms with Crippen LogP contribution in [0.25, 0.3) is 0 Å². The average molecular weight is 240 g/mol. The Kier molecular flexibility index (Phi) is 3.12. The molecular weight excluding hydrogens is 234 g/mol. The molecule has 1 aromatic rings. The van der Waals surface area contributed by atoms with Crippen LogP contribution < -0.4 is 0 Å². The molecule has 1 rings (SSSR count). The third-order valence-electron chi connectivity index (χ3n) is 1.52. The van der Waals surface area contributed by atoms with E-state index in [-0.39, 0.29) is 5.78 Å². The standard InChI is InChI=1S/C9H6BrNO2/c1-6(13)7-3-2-4-8(10)9(7)11-5-12/h2-4H,1H3. The zero-order chi connectivity index (χ0) is 9.84. The molecule has 0 aliphatic heterocycles. The molecule has 0 bridgehead atoms. The SMILES string of the molecule is CC(=O)c1cccc(Br)c1N=C=O. The number of hydrogen-bond acceptors (Lipinski definition) is 3. The predicted octanol–water partition coefficient (Wildman–Crippen LogP) is 2.62. The van der Waals surface area contributed by atoms with Gasteiger partial charge in [0.25, 0.3) is 0 Å². The lowest BCUT2D eigenvalue weighted by Gasteiger charge is -2.01. The van der Waals surface area contributed by atoms with Crippen LogP contribution in [0, 0.1) is 0 Å². The van der Waals surface area contributed by atoms with Gasteiger partial charge in [-0.2, -0.15) is 4.99 Å². The maximum atomic E-state index is 11.1. The molecule has 0 heterocycles. The number of ketones is 1. The Balaban J connectivity index is 3.42. The van der Waals surface area contributed by atoms with Gasteiger partial charge in [-0.3, -0.25) is 4.79 Å². The molecule has 1 aromatic carbocycles. The van der Waals surface area contributed by atoms with E-state index in [4.69, 9.17) is 0 Å². The number of rotatable bonds is 2. The molecule has 3 nitrogen and oxygen atoms in total. The van der Waals surface area contributed by atoms with E-state index in [1.165, 1.54) is 13.0 Å². The van der Waals surface area contributed by atoms with Crippen LogP contribution >= 0.6 is 15.9 Å². The predicted molar refractivity (Wildman–Crippen MR) is 51.9 cm³/mol. The lowest BCUT2D eigenvalue weighted by atomic mass is 10.1. The smallest absolute Gasteiger partial charge is 0.240 e. The van der Waals surface area contributed by atoms with E-state index < -0.39 is 0 Å². The van der Waals surface area contributed by atoms with Gasteiger partial charge in [-0.05, 0) is 35.0 Å². The molecule has 4 heteroatoms. The first-order valence-electron chi connectivity index (χ1n) is 3.54. The fourth-order valence-electron chi connectivity index (χ4n) is 0.959. The first-order valence-corrected chi connectivity index (χ1v) is 4.33. The van der Waals surface area contributed by atoms with Gasteiger partial charge in [-0.15, -0.1) is 0 Å². The molecule has 0 aliphatic rings. The van der Waals surface area contributed by atoms with Crippen molar-refractivity contribution in [1.82, 2.24) is 0 Å². The van der Waals surface area contributed by atoms with Gasteiger partial charge in [0.15, 0.2) is 5.78 Å². The Morgan fingerprint density at radius 2 is 2.23 bits per heavy atom. The van der Waals surface area contributed by atoms with E-state index in [9.17, 15) is 9.59 Å². The molecule has 66 valence electrons. The number of aliphatic imine (C=N–C) groups is 1. The first-order chi connectivity index (χ1) is 6.16. The molecular formula is C9H6BrNO2. The molecule has 0 saturated carbocycles. The summed E-state index contributed by atoms with van der Waals surface area (Å²) in [6, 6.07) is 5.04. The number of carbonyl (C=O) groups excluding carboxylic acids is 2. The topological polar surface area (TPSA) is 46.5 Å². The number of isocyanates is 1. The van der Waals surface area contributed by atoms with Crippen LogP contribution in [0.4, 0.5) is 5.69 Å². The molecule has 0 fully saturated rings. The van der Waals surface area contributed by atoms with E-state index in [2.05, 4.69) is 20.9 Å². The number of hydrogen-bond donors (Lipinski definition) is 0. The molecule has 0 spiro atoms. The highest BCUT2D eigenvalue weighted by Gasteiger charge is 2.08. The molecule has 0 atom stereocenters. The van der Waals surface area contributed by atoms with Gasteiger partial charge in [0, 0.05) is 10.0 Å². The number of Topliss-reactive ketones (excluding diaryl/α,β-unsaturated/α-hetero) is 1. The summed E-state index contributed by atoms with van der Waals surface area (Å²) in [6.45, 7) is 1.42. The van der Waals surface area contributed by atoms with Crippen molar-refractivity contribution in [2.45, 2.75) is 6.92 Å². The summed E-state index contributed by atoms with van der Waals surface area (Å²) in [5.74, 6) is -0.129. The van der Waals surface area contributed by atoms with Crippen LogP contribution in [-0.4, -0.2) is 11.9 Å². The zero-order valence-electron chi connectivity index (χ0n) is 6.87. The second-order valence-corrected chi connectivity index (χ2v) is 3.25. The molecule has 13 heavy (non-hydrogen) atoms. The van der Waals surface area contributed by atoms with E-state index >= 15 is 0 Å². The van der Waals surface area contributed by atoms with Crippen molar-refractivity contribution in [3.63, 3.8) is 0 Å². The van der Waals surface area contributed by atoms with E-state index in [0.29, 0.717) is 15.7 Å². The van der Waals surface area contributed by atoms with Crippen molar-refractivity contribution in [1.29, 1.82) is 0 Å². The summed E-state index contributed by atoms with van der Waals surface area (Å²) < 4.78 is 0.614. The molecule has 0 N–H and O–H groups in total. The monoisotopic (exact) mass is 239 g/mol. The fraction of sp³-hybridized carbons (Fsp3) is 0.111. The fourth-order valence-corrected chi connectivity index (χ4v) is 1.41. The highest BCUT2D eigenvalue weighted by atomic mass is 79.9. The van der Waals surface area contributed by atoms with E-state index in [1.54, 1.807) is 18.2 Å². The van der Waals surface area contributed by atoms with Crippen molar-refractivity contribution < 1.29 is 9.59 Å². The maximum absolute atomic E-state index is 11.1. The quantitative estimate of drug-likeness (QED) is 0.453. The summed E-state index contributed by atoms with van der Waals surface area (Å²) in [7, 11) is 0. The van der Waals surface area contributed by atoms with E-state index in [0.717, 1.165) is 0 Å². The molecule has 0 radical (unpaired) electrons. The molecule has 0 aliphatic carbocycles. The number of para-hydroxylation sites is 1. The Morgan fingerprint density at radius 1 is 1.54 bits per heavy atom. The third kappa shape index (κ3) is 2.11. The number of halogens is 1. The second-order valence-electron chi connectivity index (χ2n) is 2.40. The average Bonchev–Trinajstić information content (AvgIpc) is 2.08. The van der Waals surface area contributed by atoms with Crippen LogP contribution in [0.5, 0.6) is 0 Å². The van der Waals surface area contributed by atoms with Crippen molar-refractivity contribution in [3.05, 3.63) is 28.2 Å². The number of carbonyl (C=O) groups is 1. The van der Waals surface area contributed by atoms with Crippen molar-refractivity contribution in [2.75, 3.05) is 0 Å². The Labute approximate surface area is 83.6 Å². The van der Waals surface area contributed by atoms with Gasteiger partial charge in [0.1, 0.15) is 5.69 Å².